The summed E-state index contributed by atoms with van der Waals surface area (Å²) in [5, 5.41) is 7.14. The molecular formula is C13H18N4O2S. The van der Waals surface area contributed by atoms with Crippen LogP contribution in [-0.4, -0.2) is 21.4 Å². The zero-order chi connectivity index (χ0) is 14.7. The van der Waals surface area contributed by atoms with Gasteiger partial charge < -0.3 is 10.5 Å². The van der Waals surface area contributed by atoms with Gasteiger partial charge in [0.05, 0.1) is 12.3 Å². The fourth-order valence-electron chi connectivity index (χ4n) is 1.78. The predicted molar refractivity (Wildman–Crippen MR) is 79.4 cm³/mol. The van der Waals surface area contributed by atoms with E-state index in [1.54, 1.807) is 10.6 Å². The summed E-state index contributed by atoms with van der Waals surface area (Å²) in [6.07, 6.45) is 0. The fourth-order valence-corrected chi connectivity index (χ4v) is 2.78. The molecule has 0 bridgehead atoms. The maximum Gasteiger partial charge on any atom is 0.344 e. The predicted octanol–water partition coefficient (Wildman–Crippen LogP) is 2.28. The van der Waals surface area contributed by atoms with Gasteiger partial charge in [-0.2, -0.15) is 0 Å². The second-order valence-electron chi connectivity index (χ2n) is 4.51. The Morgan fingerprint density at radius 2 is 2.25 bits per heavy atom. The Morgan fingerprint density at radius 1 is 1.50 bits per heavy atom. The van der Waals surface area contributed by atoms with Crippen LogP contribution < -0.4 is 16.2 Å². The highest BCUT2D eigenvalue weighted by Crippen LogP contribution is 2.32. The first-order valence-corrected chi connectivity index (χ1v) is 7.21. The zero-order valence-corrected chi connectivity index (χ0v) is 12.5. The van der Waals surface area contributed by atoms with Gasteiger partial charge in [-0.15, -0.1) is 5.10 Å². The summed E-state index contributed by atoms with van der Waals surface area (Å²) in [4.78, 5) is 12.6. The van der Waals surface area contributed by atoms with Crippen LogP contribution in [0.25, 0.3) is 0 Å². The number of aromatic amines is 1. The second kappa shape index (κ2) is 6.04. The second-order valence-corrected chi connectivity index (χ2v) is 5.55. The molecule has 0 aliphatic heterocycles. The largest absolute Gasteiger partial charge is 0.492 e. The molecule has 7 heteroatoms. The Labute approximate surface area is 121 Å². The topological polar surface area (TPSA) is 85.9 Å². The zero-order valence-electron chi connectivity index (χ0n) is 11.7. The van der Waals surface area contributed by atoms with Crippen molar-refractivity contribution in [3.63, 3.8) is 0 Å². The molecule has 108 valence electrons. The molecule has 2 aromatic rings. The Morgan fingerprint density at radius 3 is 2.90 bits per heavy atom. The van der Waals surface area contributed by atoms with Gasteiger partial charge in [0.1, 0.15) is 5.75 Å². The molecule has 1 aromatic carbocycles. The van der Waals surface area contributed by atoms with Crippen molar-refractivity contribution in [3.05, 3.63) is 28.7 Å². The number of anilines is 1. The minimum absolute atomic E-state index is 0.0453. The quantitative estimate of drug-likeness (QED) is 0.826. The number of benzene rings is 1. The molecule has 0 fully saturated rings. The van der Waals surface area contributed by atoms with Crippen LogP contribution in [0.1, 0.15) is 26.8 Å². The van der Waals surface area contributed by atoms with E-state index in [0.29, 0.717) is 23.2 Å². The highest BCUT2D eigenvalue weighted by Gasteiger charge is 2.13. The van der Waals surface area contributed by atoms with Crippen molar-refractivity contribution in [2.24, 2.45) is 0 Å². The molecule has 0 aliphatic carbocycles. The normalized spacial score (nSPS) is 11.0. The van der Waals surface area contributed by atoms with Crippen LogP contribution in [0.15, 0.2) is 33.0 Å². The number of hydrogen-bond acceptors (Lipinski definition) is 5. The molecule has 0 unspecified atom stereocenters. The maximum absolute atomic E-state index is 11.7. The molecule has 0 saturated carbocycles. The Bertz CT molecular complexity index is 648. The molecule has 2 rings (SSSR count). The lowest BCUT2D eigenvalue weighted by Crippen LogP contribution is -2.19. The average Bonchev–Trinajstić information content (AvgIpc) is 2.75. The van der Waals surface area contributed by atoms with E-state index in [1.807, 2.05) is 32.9 Å². The van der Waals surface area contributed by atoms with Gasteiger partial charge in [0.25, 0.3) is 0 Å². The van der Waals surface area contributed by atoms with Gasteiger partial charge in [0.2, 0.25) is 0 Å². The van der Waals surface area contributed by atoms with Gasteiger partial charge in [-0.3, -0.25) is 4.57 Å². The fraction of sp³-hybridized carbons (Fsp3) is 0.385. The molecule has 1 heterocycles. The van der Waals surface area contributed by atoms with Crippen molar-refractivity contribution in [3.8, 4) is 5.75 Å². The third kappa shape index (κ3) is 2.98. The smallest absolute Gasteiger partial charge is 0.344 e. The molecule has 0 atom stereocenters. The Balaban J connectivity index is 2.31. The van der Waals surface area contributed by atoms with E-state index in [4.69, 9.17) is 10.5 Å². The summed E-state index contributed by atoms with van der Waals surface area (Å²) in [7, 11) is 0. The average molecular weight is 294 g/mol. The van der Waals surface area contributed by atoms with Gasteiger partial charge >= 0.3 is 5.69 Å². The summed E-state index contributed by atoms with van der Waals surface area (Å²) < 4.78 is 7.08. The summed E-state index contributed by atoms with van der Waals surface area (Å²) in [6, 6.07) is 5.57. The van der Waals surface area contributed by atoms with E-state index < -0.39 is 0 Å². The number of nitrogens with two attached hydrogens (primary N) is 1. The van der Waals surface area contributed by atoms with Crippen molar-refractivity contribution in [2.75, 3.05) is 12.3 Å². The molecule has 1 aromatic heterocycles. The molecule has 6 nitrogen and oxygen atoms in total. The van der Waals surface area contributed by atoms with Crippen molar-refractivity contribution >= 4 is 17.4 Å². The lowest BCUT2D eigenvalue weighted by Gasteiger charge is -2.10. The van der Waals surface area contributed by atoms with Crippen LogP contribution in [0.5, 0.6) is 5.75 Å². The number of nitrogens with one attached hydrogen (secondary N) is 1. The monoisotopic (exact) mass is 294 g/mol. The van der Waals surface area contributed by atoms with Gasteiger partial charge in [0.15, 0.2) is 5.16 Å². The van der Waals surface area contributed by atoms with E-state index in [-0.39, 0.29) is 11.7 Å². The Kier molecular flexibility index (Phi) is 4.39. The van der Waals surface area contributed by atoms with Crippen LogP contribution in [0, 0.1) is 0 Å². The molecule has 0 aliphatic rings. The molecule has 20 heavy (non-hydrogen) atoms. The van der Waals surface area contributed by atoms with Crippen molar-refractivity contribution in [1.82, 2.24) is 14.8 Å². The molecule has 0 spiro atoms. The summed E-state index contributed by atoms with van der Waals surface area (Å²) in [6.45, 7) is 6.34. The summed E-state index contributed by atoms with van der Waals surface area (Å²) in [5.41, 5.74) is 6.23. The molecule has 0 saturated heterocycles. The number of nitrogens with zero attached hydrogens (tertiary/aromatic N) is 2. The number of ether oxygens (including phenoxy) is 1. The lowest BCUT2D eigenvalue weighted by molar-refractivity contribution is 0.341. The van der Waals surface area contributed by atoms with Gasteiger partial charge in [-0.1, -0.05) is 0 Å². The van der Waals surface area contributed by atoms with Crippen LogP contribution in [-0.2, 0) is 0 Å². The number of rotatable bonds is 5. The van der Waals surface area contributed by atoms with E-state index in [2.05, 4.69) is 10.2 Å². The third-order valence-electron chi connectivity index (χ3n) is 2.68. The molecular weight excluding hydrogens is 276 g/mol. The number of nitrogen functional groups attached to an aromatic ring is 1. The molecule has 0 radical (unpaired) electrons. The van der Waals surface area contributed by atoms with Crippen molar-refractivity contribution < 1.29 is 4.74 Å². The summed E-state index contributed by atoms with van der Waals surface area (Å²) >= 11 is 1.40. The van der Waals surface area contributed by atoms with Crippen LogP contribution >= 0.6 is 11.8 Å². The minimum atomic E-state index is -0.206. The lowest BCUT2D eigenvalue weighted by atomic mass is 10.3. The standard InChI is InChI=1S/C13H18N4O2S/c1-4-19-11-7-9(5-6-10(11)14)20-13-16-15-12(18)17(13)8(2)3/h5-8H,4,14H2,1-3H3,(H,15,18). The van der Waals surface area contributed by atoms with E-state index in [0.717, 1.165) is 4.90 Å². The third-order valence-corrected chi connectivity index (χ3v) is 3.64. The van der Waals surface area contributed by atoms with E-state index >= 15 is 0 Å². The van der Waals surface area contributed by atoms with Crippen LogP contribution in [0.2, 0.25) is 0 Å². The highest BCUT2D eigenvalue weighted by atomic mass is 32.2. The first-order chi connectivity index (χ1) is 9.52. The minimum Gasteiger partial charge on any atom is -0.492 e. The van der Waals surface area contributed by atoms with Gasteiger partial charge in [0, 0.05) is 10.9 Å². The Hall–Kier alpha value is -1.89. The van der Waals surface area contributed by atoms with Gasteiger partial charge in [-0.05, 0) is 50.7 Å². The van der Waals surface area contributed by atoms with E-state index in [9.17, 15) is 4.79 Å². The first kappa shape index (κ1) is 14.5. The van der Waals surface area contributed by atoms with Crippen LogP contribution in [0.4, 0.5) is 5.69 Å². The van der Waals surface area contributed by atoms with Crippen molar-refractivity contribution in [1.29, 1.82) is 0 Å². The molecule has 0 amide bonds. The SMILES string of the molecule is CCOc1cc(Sc2n[nH]c(=O)n2C(C)C)ccc1N. The highest BCUT2D eigenvalue weighted by molar-refractivity contribution is 7.99. The number of hydrogen-bond donors (Lipinski definition) is 2. The van der Waals surface area contributed by atoms with Crippen LogP contribution in [0.3, 0.4) is 0 Å². The molecule has 3 N–H and O–H groups in total. The van der Waals surface area contributed by atoms with E-state index in [1.165, 1.54) is 11.8 Å². The summed E-state index contributed by atoms with van der Waals surface area (Å²) in [5.74, 6) is 0.645. The number of aromatic nitrogens is 3. The van der Waals surface area contributed by atoms with Gasteiger partial charge in [-0.25, -0.2) is 9.89 Å². The maximum atomic E-state index is 11.7. The van der Waals surface area contributed by atoms with Crippen molar-refractivity contribution in [2.45, 2.75) is 36.9 Å². The first-order valence-electron chi connectivity index (χ1n) is 6.40. The number of H-pyrrole nitrogens is 1.